The molecule has 1 aromatic heterocycles. The lowest BCUT2D eigenvalue weighted by Crippen LogP contribution is -2.23. The van der Waals surface area contributed by atoms with E-state index in [1.807, 2.05) is 24.4 Å². The summed E-state index contributed by atoms with van der Waals surface area (Å²) < 4.78 is 6.84. The highest BCUT2D eigenvalue weighted by Crippen LogP contribution is 2.28. The van der Waals surface area contributed by atoms with E-state index in [1.54, 1.807) is 6.20 Å². The maximum Gasteiger partial charge on any atom is 0.123 e. The molecule has 3 rings (SSSR count). The van der Waals surface area contributed by atoms with E-state index in [0.717, 1.165) is 28.9 Å². The van der Waals surface area contributed by atoms with Crippen LogP contribution >= 0.6 is 15.9 Å². The number of halogens is 1. The minimum atomic E-state index is 0.196. The number of aromatic nitrogens is 1. The van der Waals surface area contributed by atoms with Gasteiger partial charge in [-0.1, -0.05) is 18.2 Å². The molecule has 0 saturated heterocycles. The number of benzene rings is 1. The van der Waals surface area contributed by atoms with E-state index >= 15 is 0 Å². The maximum absolute atomic E-state index is 5.86. The highest BCUT2D eigenvalue weighted by Gasteiger charge is 2.21. The van der Waals surface area contributed by atoms with Gasteiger partial charge in [-0.05, 0) is 33.6 Å². The van der Waals surface area contributed by atoms with Gasteiger partial charge in [0, 0.05) is 17.1 Å². The van der Waals surface area contributed by atoms with E-state index < -0.39 is 0 Å². The number of para-hydroxylation sites is 1. The zero-order chi connectivity index (χ0) is 12.4. The van der Waals surface area contributed by atoms with Crippen LogP contribution in [0.4, 0.5) is 5.69 Å². The number of pyridine rings is 1. The highest BCUT2D eigenvalue weighted by atomic mass is 79.9. The Hall–Kier alpha value is -1.55. The molecule has 1 unspecified atom stereocenters. The Morgan fingerprint density at radius 3 is 3.06 bits per heavy atom. The van der Waals surface area contributed by atoms with Gasteiger partial charge in [-0.3, -0.25) is 4.98 Å². The molecule has 0 amide bonds. The van der Waals surface area contributed by atoms with Crippen molar-refractivity contribution < 1.29 is 4.74 Å². The van der Waals surface area contributed by atoms with Gasteiger partial charge in [0.25, 0.3) is 0 Å². The number of fused-ring (bicyclic) bond motifs is 1. The van der Waals surface area contributed by atoms with Gasteiger partial charge in [-0.15, -0.1) is 0 Å². The molecule has 0 saturated carbocycles. The molecule has 1 N–H and O–H groups in total. The molecule has 0 spiro atoms. The van der Waals surface area contributed by atoms with Crippen LogP contribution in [0.25, 0.3) is 0 Å². The predicted molar refractivity (Wildman–Crippen MR) is 75.0 cm³/mol. The van der Waals surface area contributed by atoms with Crippen molar-refractivity contribution in [1.82, 2.24) is 4.98 Å². The second-order valence-electron chi connectivity index (χ2n) is 4.32. The van der Waals surface area contributed by atoms with Crippen LogP contribution in [0, 0.1) is 0 Å². The molecule has 1 aliphatic heterocycles. The summed E-state index contributed by atoms with van der Waals surface area (Å²) in [6.45, 7) is 0.785. The molecule has 92 valence electrons. The molecule has 0 aliphatic carbocycles. The molecule has 1 atom stereocenters. The van der Waals surface area contributed by atoms with Gasteiger partial charge >= 0.3 is 0 Å². The Morgan fingerprint density at radius 1 is 1.33 bits per heavy atom. The average molecular weight is 305 g/mol. The van der Waals surface area contributed by atoms with E-state index in [1.165, 1.54) is 5.56 Å². The maximum atomic E-state index is 5.86. The number of hydrogen-bond donors (Lipinski definition) is 1. The lowest BCUT2D eigenvalue weighted by Gasteiger charge is -2.12. The minimum absolute atomic E-state index is 0.196. The first-order valence-electron chi connectivity index (χ1n) is 5.90. The normalized spacial score (nSPS) is 17.1. The van der Waals surface area contributed by atoms with Crippen LogP contribution in [-0.2, 0) is 6.42 Å². The molecule has 1 aliphatic rings. The number of rotatable bonds is 3. The largest absolute Gasteiger partial charge is 0.488 e. The standard InChI is InChI=1S/C14H13BrN2O/c15-11-6-12(8-16-7-11)17-9-13-5-10-3-1-2-4-14(10)18-13/h1-4,6-8,13,17H,5,9H2. The van der Waals surface area contributed by atoms with Crippen molar-refractivity contribution in [1.29, 1.82) is 0 Å². The van der Waals surface area contributed by atoms with Gasteiger partial charge in [0.1, 0.15) is 11.9 Å². The first-order chi connectivity index (χ1) is 8.81. The van der Waals surface area contributed by atoms with Crippen molar-refractivity contribution in [3.05, 3.63) is 52.8 Å². The highest BCUT2D eigenvalue weighted by molar-refractivity contribution is 9.10. The predicted octanol–water partition coefficient (Wildman–Crippen LogP) is 3.26. The van der Waals surface area contributed by atoms with Gasteiger partial charge < -0.3 is 10.1 Å². The Balaban J connectivity index is 1.60. The Morgan fingerprint density at radius 2 is 2.22 bits per heavy atom. The summed E-state index contributed by atoms with van der Waals surface area (Å²) in [6.07, 6.45) is 4.74. The average Bonchev–Trinajstić information content (AvgIpc) is 2.79. The molecule has 1 aromatic carbocycles. The SMILES string of the molecule is Brc1cncc(NCC2Cc3ccccc3O2)c1. The van der Waals surface area contributed by atoms with Crippen LogP contribution in [0.15, 0.2) is 47.2 Å². The summed E-state index contributed by atoms with van der Waals surface area (Å²) in [7, 11) is 0. The Bertz CT molecular complexity index is 534. The lowest BCUT2D eigenvalue weighted by atomic mass is 10.1. The summed E-state index contributed by atoms with van der Waals surface area (Å²) in [5.74, 6) is 1.01. The Kier molecular flexibility index (Phi) is 3.19. The molecule has 4 heteroatoms. The molecule has 0 radical (unpaired) electrons. The lowest BCUT2D eigenvalue weighted by molar-refractivity contribution is 0.246. The van der Waals surface area contributed by atoms with E-state index in [2.05, 4.69) is 38.4 Å². The fraction of sp³-hybridized carbons (Fsp3) is 0.214. The van der Waals surface area contributed by atoms with Gasteiger partial charge in [-0.2, -0.15) is 0 Å². The van der Waals surface area contributed by atoms with Crippen LogP contribution in [0.5, 0.6) is 5.75 Å². The second-order valence-corrected chi connectivity index (χ2v) is 5.24. The van der Waals surface area contributed by atoms with Gasteiger partial charge in [0.2, 0.25) is 0 Å². The van der Waals surface area contributed by atoms with Gasteiger partial charge in [0.15, 0.2) is 0 Å². The quantitative estimate of drug-likeness (QED) is 0.945. The molecule has 0 bridgehead atoms. The molecule has 3 nitrogen and oxygen atoms in total. The molecule has 2 heterocycles. The van der Waals surface area contributed by atoms with E-state index in [0.29, 0.717) is 0 Å². The van der Waals surface area contributed by atoms with Crippen molar-refractivity contribution in [2.24, 2.45) is 0 Å². The zero-order valence-corrected chi connectivity index (χ0v) is 11.4. The molecule has 0 fully saturated rings. The summed E-state index contributed by atoms with van der Waals surface area (Å²) >= 11 is 3.41. The molecular formula is C14H13BrN2O. The molecule has 2 aromatic rings. The smallest absolute Gasteiger partial charge is 0.123 e. The van der Waals surface area contributed by atoms with Crippen molar-refractivity contribution >= 4 is 21.6 Å². The summed E-state index contributed by atoms with van der Waals surface area (Å²) in [5.41, 5.74) is 2.29. The van der Waals surface area contributed by atoms with Gasteiger partial charge in [-0.25, -0.2) is 0 Å². The van der Waals surface area contributed by atoms with Crippen LogP contribution < -0.4 is 10.1 Å². The van der Waals surface area contributed by atoms with Crippen molar-refractivity contribution in [2.45, 2.75) is 12.5 Å². The van der Waals surface area contributed by atoms with Crippen LogP contribution in [-0.4, -0.2) is 17.6 Å². The van der Waals surface area contributed by atoms with E-state index in [9.17, 15) is 0 Å². The number of anilines is 1. The fourth-order valence-electron chi connectivity index (χ4n) is 2.11. The van der Waals surface area contributed by atoms with Crippen molar-refractivity contribution in [3.8, 4) is 5.75 Å². The molecular weight excluding hydrogens is 292 g/mol. The van der Waals surface area contributed by atoms with Crippen molar-refractivity contribution in [3.63, 3.8) is 0 Å². The third kappa shape index (κ3) is 2.48. The summed E-state index contributed by atoms with van der Waals surface area (Å²) in [5, 5.41) is 3.34. The first-order valence-corrected chi connectivity index (χ1v) is 6.69. The molecule has 18 heavy (non-hydrogen) atoms. The van der Waals surface area contributed by atoms with E-state index in [4.69, 9.17) is 4.74 Å². The van der Waals surface area contributed by atoms with E-state index in [-0.39, 0.29) is 6.10 Å². The van der Waals surface area contributed by atoms with Crippen LogP contribution in [0.3, 0.4) is 0 Å². The topological polar surface area (TPSA) is 34.2 Å². The Labute approximate surface area is 114 Å². The number of nitrogens with zero attached hydrogens (tertiary/aromatic N) is 1. The van der Waals surface area contributed by atoms with Gasteiger partial charge in [0.05, 0.1) is 18.4 Å². The summed E-state index contributed by atoms with van der Waals surface area (Å²) in [4.78, 5) is 4.12. The first kappa shape index (κ1) is 11.5. The second kappa shape index (κ2) is 4.98. The minimum Gasteiger partial charge on any atom is -0.488 e. The van der Waals surface area contributed by atoms with Crippen molar-refractivity contribution in [2.75, 3.05) is 11.9 Å². The fourth-order valence-corrected chi connectivity index (χ4v) is 2.47. The monoisotopic (exact) mass is 304 g/mol. The summed E-state index contributed by atoms with van der Waals surface area (Å²) in [6, 6.07) is 10.2. The third-order valence-corrected chi connectivity index (χ3v) is 3.39. The van der Waals surface area contributed by atoms with Crippen LogP contribution in [0.1, 0.15) is 5.56 Å². The zero-order valence-electron chi connectivity index (χ0n) is 9.77. The third-order valence-electron chi connectivity index (χ3n) is 2.95. The number of ether oxygens (including phenoxy) is 1. The number of nitrogens with one attached hydrogen (secondary N) is 1. The number of hydrogen-bond acceptors (Lipinski definition) is 3. The van der Waals surface area contributed by atoms with Crippen LogP contribution in [0.2, 0.25) is 0 Å².